The maximum absolute atomic E-state index is 15.0. The van der Waals surface area contributed by atoms with Crippen molar-refractivity contribution in [3.63, 3.8) is 0 Å². The molecular formula is C19H21F3N2S. The lowest BCUT2D eigenvalue weighted by Crippen LogP contribution is -2.46. The monoisotopic (exact) mass is 366 g/mol. The zero-order chi connectivity index (χ0) is 18.0. The van der Waals surface area contributed by atoms with Gasteiger partial charge in [-0.3, -0.25) is 9.62 Å². The van der Waals surface area contributed by atoms with E-state index in [-0.39, 0.29) is 18.8 Å². The van der Waals surface area contributed by atoms with Crippen LogP contribution >= 0.6 is 11.9 Å². The predicted octanol–water partition coefficient (Wildman–Crippen LogP) is 4.22. The largest absolute Gasteiger partial charge is 0.295 e. The van der Waals surface area contributed by atoms with E-state index in [0.717, 1.165) is 5.56 Å². The van der Waals surface area contributed by atoms with Gasteiger partial charge in [0.05, 0.1) is 12.6 Å². The second kappa shape index (κ2) is 7.40. The van der Waals surface area contributed by atoms with Crippen molar-refractivity contribution >= 4 is 11.9 Å². The molecule has 1 fully saturated rings. The Morgan fingerprint density at radius 3 is 2.56 bits per heavy atom. The topological polar surface area (TPSA) is 15.3 Å². The molecule has 1 N–H and O–H groups in total. The molecule has 25 heavy (non-hydrogen) atoms. The van der Waals surface area contributed by atoms with Crippen molar-refractivity contribution in [2.75, 3.05) is 19.8 Å². The molecule has 1 heterocycles. The van der Waals surface area contributed by atoms with Crippen LogP contribution in [0.3, 0.4) is 0 Å². The Hall–Kier alpha value is -1.50. The number of halogens is 3. The molecule has 0 aliphatic carbocycles. The molecule has 6 heteroatoms. The van der Waals surface area contributed by atoms with E-state index in [1.165, 1.54) is 11.9 Å². The molecule has 1 aliphatic rings. The first-order chi connectivity index (χ1) is 11.9. The number of hydrogen-bond acceptors (Lipinski definition) is 3. The van der Waals surface area contributed by atoms with Crippen molar-refractivity contribution < 1.29 is 13.2 Å². The number of nitrogens with one attached hydrogen (secondary N) is 1. The van der Waals surface area contributed by atoms with E-state index in [4.69, 9.17) is 0 Å². The molecule has 0 radical (unpaired) electrons. The molecule has 2 aromatic rings. The summed E-state index contributed by atoms with van der Waals surface area (Å²) in [5, 5.41) is 0. The summed E-state index contributed by atoms with van der Waals surface area (Å²) in [4.78, 5) is 1.61. The van der Waals surface area contributed by atoms with Crippen LogP contribution < -0.4 is 4.72 Å². The van der Waals surface area contributed by atoms with Crippen LogP contribution in [0.5, 0.6) is 0 Å². The zero-order valence-electron chi connectivity index (χ0n) is 14.2. The summed E-state index contributed by atoms with van der Waals surface area (Å²) < 4.78 is 46.3. The third-order valence-corrected chi connectivity index (χ3v) is 5.19. The molecule has 2 aromatic carbocycles. The summed E-state index contributed by atoms with van der Waals surface area (Å²) >= 11 is 1.17. The van der Waals surface area contributed by atoms with Gasteiger partial charge in [-0.25, -0.2) is 13.2 Å². The zero-order valence-corrected chi connectivity index (χ0v) is 15.0. The smallest absolute Gasteiger partial charge is 0.277 e. The Morgan fingerprint density at radius 2 is 1.88 bits per heavy atom. The fourth-order valence-corrected chi connectivity index (χ4v) is 4.04. The van der Waals surface area contributed by atoms with Crippen LogP contribution in [0, 0.1) is 5.82 Å². The highest BCUT2D eigenvalue weighted by Crippen LogP contribution is 2.35. The molecule has 3 rings (SSSR count). The Bertz CT molecular complexity index is 724. The molecule has 2 nitrogen and oxygen atoms in total. The molecular weight excluding hydrogens is 345 g/mol. The first kappa shape index (κ1) is 18.3. The minimum absolute atomic E-state index is 0.233. The summed E-state index contributed by atoms with van der Waals surface area (Å²) in [5.74, 6) is -3.17. The summed E-state index contributed by atoms with van der Waals surface area (Å²) in [7, 11) is 1.67. The third-order valence-electron chi connectivity index (χ3n) is 4.70. The van der Waals surface area contributed by atoms with Crippen molar-refractivity contribution in [2.45, 2.75) is 24.4 Å². The quantitative estimate of drug-likeness (QED) is 0.798. The van der Waals surface area contributed by atoms with Gasteiger partial charge in [0, 0.05) is 11.6 Å². The van der Waals surface area contributed by atoms with E-state index in [2.05, 4.69) is 4.72 Å². The molecule has 134 valence electrons. The number of hydrogen-bond donors (Lipinski definition) is 1. The first-order valence-corrected chi connectivity index (χ1v) is 9.36. The lowest BCUT2D eigenvalue weighted by molar-refractivity contribution is -0.00423. The predicted molar refractivity (Wildman–Crippen MR) is 97.3 cm³/mol. The summed E-state index contributed by atoms with van der Waals surface area (Å²) in [6.45, 7) is -0.324. The minimum Gasteiger partial charge on any atom is -0.295 e. The Kier molecular flexibility index (Phi) is 5.41. The third kappa shape index (κ3) is 3.71. The average molecular weight is 366 g/mol. The number of benzene rings is 2. The highest BCUT2D eigenvalue weighted by atomic mass is 32.2. The van der Waals surface area contributed by atoms with Gasteiger partial charge in [0.2, 0.25) is 0 Å². The van der Waals surface area contributed by atoms with Gasteiger partial charge in [-0.15, -0.1) is 0 Å². The second-order valence-electron chi connectivity index (χ2n) is 6.39. The Labute approximate surface area is 150 Å². The molecule has 0 saturated carbocycles. The van der Waals surface area contributed by atoms with Gasteiger partial charge in [-0.05, 0) is 30.9 Å². The SMILES string of the molecule is CSNC1C(Cc2cccc(-c3ccccc3)c2F)N(C)CC1(F)F. The fourth-order valence-electron chi connectivity index (χ4n) is 3.45. The van der Waals surface area contributed by atoms with Crippen molar-refractivity contribution in [2.24, 2.45) is 0 Å². The van der Waals surface area contributed by atoms with E-state index in [1.54, 1.807) is 36.4 Å². The number of rotatable bonds is 5. The van der Waals surface area contributed by atoms with Crippen LogP contribution in [0.1, 0.15) is 5.56 Å². The fraction of sp³-hybridized carbons (Fsp3) is 0.368. The molecule has 1 aliphatic heterocycles. The van der Waals surface area contributed by atoms with Crippen LogP contribution in [-0.4, -0.2) is 42.8 Å². The van der Waals surface area contributed by atoms with Crippen LogP contribution in [0.15, 0.2) is 48.5 Å². The maximum atomic E-state index is 15.0. The van der Waals surface area contributed by atoms with Crippen LogP contribution in [-0.2, 0) is 6.42 Å². The van der Waals surface area contributed by atoms with E-state index in [0.29, 0.717) is 11.1 Å². The van der Waals surface area contributed by atoms with Crippen molar-refractivity contribution in [1.29, 1.82) is 0 Å². The maximum Gasteiger partial charge on any atom is 0.277 e. The highest BCUT2D eigenvalue weighted by Gasteiger charge is 2.52. The number of nitrogens with zero attached hydrogens (tertiary/aromatic N) is 1. The van der Waals surface area contributed by atoms with Crippen LogP contribution in [0.2, 0.25) is 0 Å². The van der Waals surface area contributed by atoms with Crippen LogP contribution in [0.4, 0.5) is 13.2 Å². The van der Waals surface area contributed by atoms with E-state index < -0.39 is 18.0 Å². The summed E-state index contributed by atoms with van der Waals surface area (Å²) in [6, 6.07) is 13.0. The second-order valence-corrected chi connectivity index (χ2v) is 7.04. The van der Waals surface area contributed by atoms with Gasteiger partial charge in [0.25, 0.3) is 5.92 Å². The van der Waals surface area contributed by atoms with Gasteiger partial charge >= 0.3 is 0 Å². The van der Waals surface area contributed by atoms with E-state index in [1.807, 2.05) is 30.3 Å². The van der Waals surface area contributed by atoms with Gasteiger partial charge in [0.15, 0.2) is 0 Å². The lowest BCUT2D eigenvalue weighted by atomic mass is 9.95. The van der Waals surface area contributed by atoms with E-state index in [9.17, 15) is 8.78 Å². The molecule has 0 aromatic heterocycles. The standard InChI is InChI=1S/C19H21F3N2S/c1-24-12-19(21,22)18(23-25-2)16(24)11-14-9-6-10-15(17(14)20)13-7-4-3-5-8-13/h3-10,16,18,23H,11-12H2,1-2H3. The minimum atomic E-state index is -2.84. The van der Waals surface area contributed by atoms with Crippen molar-refractivity contribution in [1.82, 2.24) is 9.62 Å². The molecule has 0 bridgehead atoms. The van der Waals surface area contributed by atoms with Gasteiger partial charge in [-0.2, -0.15) is 0 Å². The van der Waals surface area contributed by atoms with Gasteiger partial charge < -0.3 is 0 Å². The summed E-state index contributed by atoms with van der Waals surface area (Å²) in [6.07, 6.45) is 1.96. The number of likely N-dealkylation sites (N-methyl/N-ethyl adjacent to an activating group) is 1. The number of alkyl halides is 2. The average Bonchev–Trinajstić information content (AvgIpc) is 2.80. The normalized spacial score (nSPS) is 23.1. The number of likely N-dealkylation sites (tertiary alicyclic amines) is 1. The molecule has 0 amide bonds. The Morgan fingerprint density at radius 1 is 1.16 bits per heavy atom. The van der Waals surface area contributed by atoms with Crippen molar-refractivity contribution in [3.05, 3.63) is 59.9 Å². The summed E-state index contributed by atoms with van der Waals surface area (Å²) in [5.41, 5.74) is 1.74. The van der Waals surface area contributed by atoms with Crippen LogP contribution in [0.25, 0.3) is 11.1 Å². The van der Waals surface area contributed by atoms with Gasteiger partial charge in [0.1, 0.15) is 5.82 Å². The Balaban J connectivity index is 1.90. The molecule has 1 saturated heterocycles. The molecule has 2 atom stereocenters. The van der Waals surface area contributed by atoms with E-state index >= 15 is 4.39 Å². The van der Waals surface area contributed by atoms with Crippen molar-refractivity contribution in [3.8, 4) is 11.1 Å². The lowest BCUT2D eigenvalue weighted by Gasteiger charge is -2.26. The first-order valence-electron chi connectivity index (χ1n) is 8.13. The molecule has 2 unspecified atom stereocenters. The molecule has 0 spiro atoms. The van der Waals surface area contributed by atoms with Gasteiger partial charge in [-0.1, -0.05) is 60.5 Å². The highest BCUT2D eigenvalue weighted by molar-refractivity contribution is 7.96.